The van der Waals surface area contributed by atoms with Crippen LogP contribution in [-0.2, 0) is 11.3 Å². The van der Waals surface area contributed by atoms with Crippen molar-refractivity contribution in [2.75, 3.05) is 10.6 Å². The highest BCUT2D eigenvalue weighted by Gasteiger charge is 2.19. The van der Waals surface area contributed by atoms with E-state index >= 15 is 0 Å². The molecule has 2 amide bonds. The topological polar surface area (TPSA) is 88.9 Å². The minimum atomic E-state index is -0.359. The summed E-state index contributed by atoms with van der Waals surface area (Å²) in [6, 6.07) is 10.8. The largest absolute Gasteiger partial charge is 0.324 e. The van der Waals surface area contributed by atoms with Crippen molar-refractivity contribution in [2.45, 2.75) is 34.2 Å². The van der Waals surface area contributed by atoms with Gasteiger partial charge < -0.3 is 10.6 Å². The van der Waals surface area contributed by atoms with Crippen LogP contribution in [-0.4, -0.2) is 26.8 Å². The summed E-state index contributed by atoms with van der Waals surface area (Å²) in [5.41, 5.74) is 5.16. The van der Waals surface area contributed by atoms with E-state index in [-0.39, 0.29) is 24.1 Å². The average molecular weight is 412 g/mol. The highest BCUT2D eigenvalue weighted by atomic mass is 35.5. The molecule has 29 heavy (non-hydrogen) atoms. The lowest BCUT2D eigenvalue weighted by Crippen LogP contribution is -2.21. The molecule has 0 bridgehead atoms. The molecule has 0 spiro atoms. The van der Waals surface area contributed by atoms with Gasteiger partial charge >= 0.3 is 0 Å². The van der Waals surface area contributed by atoms with Gasteiger partial charge in [-0.25, -0.2) is 4.68 Å². The number of anilines is 2. The quantitative estimate of drug-likeness (QED) is 0.662. The summed E-state index contributed by atoms with van der Waals surface area (Å²) >= 11 is 5.84. The first-order chi connectivity index (χ1) is 13.7. The fourth-order valence-corrected chi connectivity index (χ4v) is 3.27. The molecular weight excluding hydrogens is 390 g/mol. The molecule has 2 N–H and O–H groups in total. The molecule has 7 nitrogen and oxygen atoms in total. The highest BCUT2D eigenvalue weighted by molar-refractivity contribution is 6.30. The van der Waals surface area contributed by atoms with Crippen LogP contribution in [0.1, 0.15) is 32.9 Å². The van der Waals surface area contributed by atoms with E-state index in [0.717, 1.165) is 22.4 Å². The van der Waals surface area contributed by atoms with Crippen LogP contribution in [0.3, 0.4) is 0 Å². The molecule has 0 aliphatic carbocycles. The second-order valence-corrected chi connectivity index (χ2v) is 7.40. The zero-order valence-corrected chi connectivity index (χ0v) is 17.5. The molecule has 3 aromatic rings. The zero-order chi connectivity index (χ0) is 21.1. The Bertz CT molecular complexity index is 1050. The lowest BCUT2D eigenvalue weighted by atomic mass is 10.0. The molecule has 8 heteroatoms. The summed E-state index contributed by atoms with van der Waals surface area (Å²) in [6.45, 7) is 7.55. The van der Waals surface area contributed by atoms with Gasteiger partial charge in [-0.1, -0.05) is 34.5 Å². The summed E-state index contributed by atoms with van der Waals surface area (Å²) in [6.07, 6.45) is 0. The predicted molar refractivity (Wildman–Crippen MR) is 113 cm³/mol. The van der Waals surface area contributed by atoms with E-state index in [1.807, 2.05) is 32.9 Å². The number of nitrogens with zero attached hydrogens (tertiary/aromatic N) is 3. The Morgan fingerprint density at radius 3 is 2.24 bits per heavy atom. The van der Waals surface area contributed by atoms with Crippen LogP contribution in [0.15, 0.2) is 36.4 Å². The Labute approximate surface area is 174 Å². The zero-order valence-electron chi connectivity index (χ0n) is 16.7. The van der Waals surface area contributed by atoms with Crippen LogP contribution in [0, 0.1) is 27.7 Å². The molecule has 1 heterocycles. The number of benzene rings is 2. The lowest BCUT2D eigenvalue weighted by molar-refractivity contribution is -0.117. The summed E-state index contributed by atoms with van der Waals surface area (Å²) in [7, 11) is 0. The molecule has 150 valence electrons. The van der Waals surface area contributed by atoms with Crippen molar-refractivity contribution in [2.24, 2.45) is 0 Å². The molecule has 0 saturated carbocycles. The van der Waals surface area contributed by atoms with Crippen molar-refractivity contribution in [3.63, 3.8) is 0 Å². The maximum Gasteiger partial charge on any atom is 0.278 e. The van der Waals surface area contributed by atoms with Crippen LogP contribution in [0.2, 0.25) is 5.02 Å². The third kappa shape index (κ3) is 4.81. The molecule has 0 saturated heterocycles. The number of rotatable bonds is 5. The van der Waals surface area contributed by atoms with E-state index in [0.29, 0.717) is 16.4 Å². The Kier molecular flexibility index (Phi) is 5.98. The van der Waals surface area contributed by atoms with Gasteiger partial charge in [-0.2, -0.15) is 0 Å². The molecular formula is C21H22ClN5O2. The molecule has 1 aromatic heterocycles. The van der Waals surface area contributed by atoms with Crippen molar-refractivity contribution in [1.29, 1.82) is 0 Å². The number of carbonyl (C=O) groups excluding carboxylic acids is 2. The number of aromatic nitrogens is 3. The van der Waals surface area contributed by atoms with Crippen LogP contribution in [0.5, 0.6) is 0 Å². The lowest BCUT2D eigenvalue weighted by Gasteiger charge is -2.12. The van der Waals surface area contributed by atoms with Gasteiger partial charge in [0.25, 0.3) is 5.91 Å². The molecule has 0 aliphatic rings. The molecule has 3 rings (SSSR count). The van der Waals surface area contributed by atoms with Gasteiger partial charge in [-0.05, 0) is 63.1 Å². The number of amides is 2. The van der Waals surface area contributed by atoms with Crippen LogP contribution in [0.25, 0.3) is 0 Å². The highest BCUT2D eigenvalue weighted by Crippen LogP contribution is 2.23. The summed E-state index contributed by atoms with van der Waals surface area (Å²) in [5, 5.41) is 14.2. The SMILES string of the molecule is Cc1cc(C)c(NC(=O)c2nnn(CC(=O)Nc3ccc(Cl)cc3)c2C)c(C)c1. The van der Waals surface area contributed by atoms with E-state index in [9.17, 15) is 9.59 Å². The van der Waals surface area contributed by atoms with Crippen molar-refractivity contribution in [1.82, 2.24) is 15.0 Å². The second-order valence-electron chi connectivity index (χ2n) is 6.96. The number of nitrogens with one attached hydrogen (secondary N) is 2. The normalized spacial score (nSPS) is 10.7. The van der Waals surface area contributed by atoms with Crippen molar-refractivity contribution in [3.8, 4) is 0 Å². The van der Waals surface area contributed by atoms with Crippen LogP contribution in [0.4, 0.5) is 11.4 Å². The van der Waals surface area contributed by atoms with E-state index in [2.05, 4.69) is 20.9 Å². The first-order valence-electron chi connectivity index (χ1n) is 9.09. The van der Waals surface area contributed by atoms with Crippen LogP contribution < -0.4 is 10.6 Å². The summed E-state index contributed by atoms with van der Waals surface area (Å²) in [4.78, 5) is 25.0. The number of aryl methyl sites for hydroxylation is 3. The fraction of sp³-hybridized carbons (Fsp3) is 0.238. The van der Waals surface area contributed by atoms with Gasteiger partial charge in [-0.15, -0.1) is 5.10 Å². The first-order valence-corrected chi connectivity index (χ1v) is 9.47. The van der Waals surface area contributed by atoms with Gasteiger partial charge in [0, 0.05) is 16.4 Å². The molecule has 0 unspecified atom stereocenters. The molecule has 0 radical (unpaired) electrons. The first kappa shape index (κ1) is 20.5. The van der Waals surface area contributed by atoms with Gasteiger partial charge in [0.05, 0.1) is 5.69 Å². The van der Waals surface area contributed by atoms with Gasteiger partial charge in [-0.3, -0.25) is 9.59 Å². The molecule has 0 fully saturated rings. The fourth-order valence-electron chi connectivity index (χ4n) is 3.14. The van der Waals surface area contributed by atoms with Crippen molar-refractivity contribution in [3.05, 3.63) is 69.5 Å². The number of halogens is 1. The van der Waals surface area contributed by atoms with Crippen molar-refractivity contribution < 1.29 is 9.59 Å². The van der Waals surface area contributed by atoms with E-state index in [1.165, 1.54) is 4.68 Å². The standard InChI is InChI=1S/C21H22ClN5O2/c1-12-9-13(2)19(14(3)10-12)24-21(29)20-15(4)27(26-25-20)11-18(28)23-17-7-5-16(22)6-8-17/h5-10H,11H2,1-4H3,(H,23,28)(H,24,29). The Morgan fingerprint density at radius 2 is 1.62 bits per heavy atom. The minimum absolute atomic E-state index is 0.0582. The molecule has 0 aliphatic heterocycles. The smallest absolute Gasteiger partial charge is 0.278 e. The monoisotopic (exact) mass is 411 g/mol. The molecule has 2 aromatic carbocycles. The van der Waals surface area contributed by atoms with Gasteiger partial charge in [0.15, 0.2) is 5.69 Å². The van der Waals surface area contributed by atoms with E-state index < -0.39 is 0 Å². The third-order valence-electron chi connectivity index (χ3n) is 4.53. The Hall–Kier alpha value is -3.19. The summed E-state index contributed by atoms with van der Waals surface area (Å²) in [5.74, 6) is -0.639. The van der Waals surface area contributed by atoms with Crippen LogP contribution >= 0.6 is 11.6 Å². The maximum absolute atomic E-state index is 12.7. The third-order valence-corrected chi connectivity index (χ3v) is 4.79. The summed E-state index contributed by atoms with van der Waals surface area (Å²) < 4.78 is 1.40. The Morgan fingerprint density at radius 1 is 1.00 bits per heavy atom. The van der Waals surface area contributed by atoms with Crippen molar-refractivity contribution >= 4 is 34.8 Å². The number of carbonyl (C=O) groups is 2. The predicted octanol–water partition coefficient (Wildman–Crippen LogP) is 4.06. The maximum atomic E-state index is 12.7. The number of hydrogen-bond donors (Lipinski definition) is 2. The number of hydrogen-bond acceptors (Lipinski definition) is 4. The van der Waals surface area contributed by atoms with Gasteiger partial charge in [0.1, 0.15) is 6.54 Å². The molecule has 0 atom stereocenters. The second kappa shape index (κ2) is 8.45. The van der Waals surface area contributed by atoms with E-state index in [4.69, 9.17) is 11.6 Å². The Balaban J connectivity index is 1.71. The van der Waals surface area contributed by atoms with Gasteiger partial charge in [0.2, 0.25) is 5.91 Å². The van der Waals surface area contributed by atoms with E-state index in [1.54, 1.807) is 31.2 Å². The minimum Gasteiger partial charge on any atom is -0.324 e. The average Bonchev–Trinajstić information content (AvgIpc) is 3.00.